The number of carbonyl (C=O) groups is 1. The van der Waals surface area contributed by atoms with Gasteiger partial charge >= 0.3 is 0 Å². The van der Waals surface area contributed by atoms with Gasteiger partial charge in [0.1, 0.15) is 11.5 Å². The molecular weight excluding hydrogens is 288 g/mol. The van der Waals surface area contributed by atoms with E-state index in [-0.39, 0.29) is 12.5 Å². The Labute approximate surface area is 129 Å². The third kappa shape index (κ3) is 4.36. The minimum atomic E-state index is -0.0990. The second-order valence-electron chi connectivity index (χ2n) is 4.61. The van der Waals surface area contributed by atoms with Crippen LogP contribution >= 0.6 is 0 Å². The molecule has 2 rings (SSSR count). The molecule has 7 nitrogen and oxygen atoms in total. The van der Waals surface area contributed by atoms with Gasteiger partial charge in [-0.15, -0.1) is 0 Å². The predicted molar refractivity (Wildman–Crippen MR) is 80.5 cm³/mol. The van der Waals surface area contributed by atoms with Crippen LogP contribution in [0.5, 0.6) is 11.5 Å². The topological polar surface area (TPSA) is 69.6 Å². The maximum atomic E-state index is 11.9. The van der Waals surface area contributed by atoms with Crippen molar-refractivity contribution in [3.05, 3.63) is 23.8 Å². The standard InChI is InChI=1S/C15H20N2O5/c1-19-13-3-4-14(20-2)12(9-13)10-16-22-11-15(18)17-5-7-21-8-6-17/h3-4,9-10H,5-8,11H2,1-2H3. The molecule has 7 heteroatoms. The number of amides is 1. The van der Waals surface area contributed by atoms with Crippen molar-refractivity contribution in [3.63, 3.8) is 0 Å². The molecule has 1 fully saturated rings. The average molecular weight is 308 g/mol. The van der Waals surface area contributed by atoms with Gasteiger partial charge in [-0.1, -0.05) is 5.16 Å². The Balaban J connectivity index is 1.87. The van der Waals surface area contributed by atoms with Crippen LogP contribution < -0.4 is 9.47 Å². The Hall–Kier alpha value is -2.28. The Morgan fingerprint density at radius 1 is 1.32 bits per heavy atom. The van der Waals surface area contributed by atoms with Crippen LogP contribution in [-0.4, -0.2) is 64.2 Å². The number of carbonyl (C=O) groups excluding carboxylic acids is 1. The lowest BCUT2D eigenvalue weighted by atomic mass is 10.2. The van der Waals surface area contributed by atoms with Gasteiger partial charge in [0.2, 0.25) is 0 Å². The highest BCUT2D eigenvalue weighted by atomic mass is 16.6. The van der Waals surface area contributed by atoms with E-state index in [9.17, 15) is 4.79 Å². The van der Waals surface area contributed by atoms with Gasteiger partial charge in [0.05, 0.1) is 33.6 Å². The summed E-state index contributed by atoms with van der Waals surface area (Å²) in [6.07, 6.45) is 1.49. The van der Waals surface area contributed by atoms with Gasteiger partial charge in [0.25, 0.3) is 5.91 Å². The first-order chi connectivity index (χ1) is 10.7. The van der Waals surface area contributed by atoms with E-state index in [1.165, 1.54) is 6.21 Å². The SMILES string of the molecule is COc1ccc(OC)c(C=NOCC(=O)N2CCOCC2)c1. The van der Waals surface area contributed by atoms with Crippen molar-refractivity contribution in [1.29, 1.82) is 0 Å². The summed E-state index contributed by atoms with van der Waals surface area (Å²) in [6, 6.07) is 5.34. The van der Waals surface area contributed by atoms with Crippen molar-refractivity contribution >= 4 is 12.1 Å². The summed E-state index contributed by atoms with van der Waals surface area (Å²) in [6.45, 7) is 2.22. The third-order valence-electron chi connectivity index (χ3n) is 3.26. The molecule has 1 aliphatic rings. The molecule has 0 aliphatic carbocycles. The van der Waals surface area contributed by atoms with Crippen molar-refractivity contribution in [2.45, 2.75) is 0 Å². The molecule has 0 radical (unpaired) electrons. The number of hydrogen-bond acceptors (Lipinski definition) is 6. The Morgan fingerprint density at radius 2 is 2.09 bits per heavy atom. The molecule has 0 N–H and O–H groups in total. The van der Waals surface area contributed by atoms with E-state index >= 15 is 0 Å². The maximum Gasteiger partial charge on any atom is 0.263 e. The number of rotatable bonds is 6. The molecule has 1 amide bonds. The molecular formula is C15H20N2O5. The van der Waals surface area contributed by atoms with Gasteiger partial charge in [-0.3, -0.25) is 4.79 Å². The monoisotopic (exact) mass is 308 g/mol. The molecule has 0 spiro atoms. The lowest BCUT2D eigenvalue weighted by molar-refractivity contribution is -0.140. The van der Waals surface area contributed by atoms with Crippen molar-refractivity contribution in [2.75, 3.05) is 47.1 Å². The van der Waals surface area contributed by atoms with Crippen LogP contribution in [0, 0.1) is 0 Å². The van der Waals surface area contributed by atoms with E-state index in [4.69, 9.17) is 19.0 Å². The summed E-state index contributed by atoms with van der Waals surface area (Å²) in [5, 5.41) is 3.82. The molecule has 1 saturated heterocycles. The predicted octanol–water partition coefficient (Wildman–Crippen LogP) is 0.913. The van der Waals surface area contributed by atoms with E-state index in [0.29, 0.717) is 43.4 Å². The fourth-order valence-corrected chi connectivity index (χ4v) is 2.03. The molecule has 1 aliphatic heterocycles. The smallest absolute Gasteiger partial charge is 0.263 e. The highest BCUT2D eigenvalue weighted by molar-refractivity contribution is 5.84. The number of morpholine rings is 1. The molecule has 1 aromatic rings. The number of benzene rings is 1. The number of nitrogens with zero attached hydrogens (tertiary/aromatic N) is 2. The Bertz CT molecular complexity index is 527. The van der Waals surface area contributed by atoms with E-state index in [1.54, 1.807) is 37.3 Å². The highest BCUT2D eigenvalue weighted by Gasteiger charge is 2.16. The zero-order valence-corrected chi connectivity index (χ0v) is 12.8. The maximum absolute atomic E-state index is 11.9. The molecule has 0 saturated carbocycles. The summed E-state index contributed by atoms with van der Waals surface area (Å²) in [4.78, 5) is 18.6. The van der Waals surface area contributed by atoms with Crippen LogP contribution in [0.2, 0.25) is 0 Å². The number of hydrogen-bond donors (Lipinski definition) is 0. The van der Waals surface area contributed by atoms with E-state index in [0.717, 1.165) is 0 Å². The lowest BCUT2D eigenvalue weighted by Gasteiger charge is -2.26. The summed E-state index contributed by atoms with van der Waals surface area (Å²) in [5.74, 6) is 1.23. The fourth-order valence-electron chi connectivity index (χ4n) is 2.03. The zero-order valence-electron chi connectivity index (χ0n) is 12.8. The molecule has 1 aromatic carbocycles. The molecule has 0 bridgehead atoms. The van der Waals surface area contributed by atoms with Gasteiger partial charge in [0.15, 0.2) is 6.61 Å². The Morgan fingerprint density at radius 3 is 2.77 bits per heavy atom. The van der Waals surface area contributed by atoms with Gasteiger partial charge < -0.3 is 23.9 Å². The molecule has 22 heavy (non-hydrogen) atoms. The minimum Gasteiger partial charge on any atom is -0.497 e. The van der Waals surface area contributed by atoms with Crippen molar-refractivity contribution in [1.82, 2.24) is 4.90 Å². The van der Waals surface area contributed by atoms with Gasteiger partial charge in [-0.2, -0.15) is 0 Å². The van der Waals surface area contributed by atoms with E-state index in [1.807, 2.05) is 0 Å². The number of ether oxygens (including phenoxy) is 3. The molecule has 120 valence electrons. The van der Waals surface area contributed by atoms with E-state index in [2.05, 4.69) is 5.16 Å². The van der Waals surface area contributed by atoms with Crippen LogP contribution in [0.1, 0.15) is 5.56 Å². The Kier molecular flexibility index (Phi) is 6.02. The zero-order chi connectivity index (χ0) is 15.8. The highest BCUT2D eigenvalue weighted by Crippen LogP contribution is 2.22. The fraction of sp³-hybridized carbons (Fsp3) is 0.467. The summed E-state index contributed by atoms with van der Waals surface area (Å²) in [5.41, 5.74) is 0.709. The molecule has 1 heterocycles. The normalized spacial score (nSPS) is 14.9. The van der Waals surface area contributed by atoms with Crippen LogP contribution in [0.25, 0.3) is 0 Å². The first kappa shape index (κ1) is 16.1. The molecule has 0 atom stereocenters. The van der Waals surface area contributed by atoms with Crippen LogP contribution in [-0.2, 0) is 14.4 Å². The first-order valence-corrected chi connectivity index (χ1v) is 6.97. The number of oxime groups is 1. The van der Waals surface area contributed by atoms with Gasteiger partial charge in [-0.05, 0) is 18.2 Å². The van der Waals surface area contributed by atoms with Gasteiger partial charge in [-0.25, -0.2) is 0 Å². The summed E-state index contributed by atoms with van der Waals surface area (Å²) >= 11 is 0. The average Bonchev–Trinajstić information content (AvgIpc) is 2.59. The second kappa shape index (κ2) is 8.23. The van der Waals surface area contributed by atoms with Gasteiger partial charge in [0, 0.05) is 18.7 Å². The number of methoxy groups -OCH3 is 2. The summed E-state index contributed by atoms with van der Waals surface area (Å²) in [7, 11) is 3.15. The largest absolute Gasteiger partial charge is 0.497 e. The first-order valence-electron chi connectivity index (χ1n) is 6.97. The minimum absolute atomic E-state index is 0.0945. The van der Waals surface area contributed by atoms with Crippen molar-refractivity contribution in [3.8, 4) is 11.5 Å². The molecule has 0 aromatic heterocycles. The van der Waals surface area contributed by atoms with E-state index < -0.39 is 0 Å². The van der Waals surface area contributed by atoms with Crippen molar-refractivity contribution in [2.24, 2.45) is 5.16 Å². The lowest BCUT2D eigenvalue weighted by Crippen LogP contribution is -2.42. The van der Waals surface area contributed by atoms with Crippen molar-refractivity contribution < 1.29 is 23.8 Å². The van der Waals surface area contributed by atoms with Crippen LogP contribution in [0.4, 0.5) is 0 Å². The quantitative estimate of drug-likeness (QED) is 0.577. The second-order valence-corrected chi connectivity index (χ2v) is 4.61. The molecule has 0 unspecified atom stereocenters. The van der Waals surface area contributed by atoms with Crippen LogP contribution in [0.3, 0.4) is 0 Å². The van der Waals surface area contributed by atoms with Crippen LogP contribution in [0.15, 0.2) is 23.4 Å². The third-order valence-corrected chi connectivity index (χ3v) is 3.26. The summed E-state index contributed by atoms with van der Waals surface area (Å²) < 4.78 is 15.6.